The summed E-state index contributed by atoms with van der Waals surface area (Å²) in [5.41, 5.74) is -0.278. The molecule has 0 aliphatic heterocycles. The molecule has 0 radical (unpaired) electrons. The molecule has 2 rings (SSSR count). The van der Waals surface area contributed by atoms with Crippen LogP contribution >= 0.6 is 11.6 Å². The first kappa shape index (κ1) is 13.1. The van der Waals surface area contributed by atoms with Crippen LogP contribution in [0, 0.1) is 21.8 Å². The molecule has 1 N–H and O–H groups in total. The summed E-state index contributed by atoms with van der Waals surface area (Å²) >= 11 is 5.68. The normalized spacial score (nSPS) is 15.6. The maximum Gasteiger partial charge on any atom is 0.295 e. The maximum atomic E-state index is 13.3. The molecule has 0 saturated heterocycles. The van der Waals surface area contributed by atoms with Crippen LogP contribution in [0.3, 0.4) is 0 Å². The minimum atomic E-state index is -0.779. The average molecular weight is 273 g/mol. The fourth-order valence-electron chi connectivity index (χ4n) is 2.04. The van der Waals surface area contributed by atoms with E-state index in [-0.39, 0.29) is 21.9 Å². The number of hydrogen-bond acceptors (Lipinski definition) is 3. The fraction of sp³-hybridized carbons (Fsp3) is 0.500. The summed E-state index contributed by atoms with van der Waals surface area (Å²) in [5, 5.41) is 13.9. The summed E-state index contributed by atoms with van der Waals surface area (Å²) in [6.45, 7) is 3.96. The second-order valence-corrected chi connectivity index (χ2v) is 5.57. The summed E-state index contributed by atoms with van der Waals surface area (Å²) in [7, 11) is 0. The highest BCUT2D eigenvalue weighted by atomic mass is 35.5. The molecule has 18 heavy (non-hydrogen) atoms. The van der Waals surface area contributed by atoms with Gasteiger partial charge in [0, 0.05) is 5.54 Å². The molecule has 0 atom stereocenters. The van der Waals surface area contributed by atoms with E-state index >= 15 is 0 Å². The third-order valence-corrected chi connectivity index (χ3v) is 3.58. The van der Waals surface area contributed by atoms with Crippen LogP contribution in [0.15, 0.2) is 12.1 Å². The molecule has 98 valence electrons. The topological polar surface area (TPSA) is 55.2 Å². The first-order chi connectivity index (χ1) is 8.31. The second kappa shape index (κ2) is 4.39. The summed E-state index contributed by atoms with van der Waals surface area (Å²) in [6.07, 6.45) is 2.20. The Balaban J connectivity index is 2.36. The SMILES string of the molecule is CC(C)(Nc1cc(Cl)c(F)cc1[N+](=O)[O-])C1CC1. The van der Waals surface area contributed by atoms with Crippen molar-refractivity contribution < 1.29 is 9.31 Å². The molecular formula is C12H14ClFN2O2. The monoisotopic (exact) mass is 272 g/mol. The Bertz CT molecular complexity index is 501. The minimum Gasteiger partial charge on any atom is -0.374 e. The van der Waals surface area contributed by atoms with Crippen LogP contribution < -0.4 is 5.32 Å². The van der Waals surface area contributed by atoms with Crippen molar-refractivity contribution in [1.29, 1.82) is 0 Å². The van der Waals surface area contributed by atoms with Gasteiger partial charge >= 0.3 is 0 Å². The summed E-state index contributed by atoms with van der Waals surface area (Å²) in [6, 6.07) is 2.13. The Labute approximate surface area is 109 Å². The minimum absolute atomic E-state index is 0.116. The van der Waals surface area contributed by atoms with Crippen molar-refractivity contribution in [2.24, 2.45) is 5.92 Å². The van der Waals surface area contributed by atoms with Gasteiger partial charge in [-0.1, -0.05) is 11.6 Å². The van der Waals surface area contributed by atoms with E-state index in [0.29, 0.717) is 5.92 Å². The Morgan fingerprint density at radius 3 is 2.61 bits per heavy atom. The van der Waals surface area contributed by atoms with Crippen LogP contribution in [0.1, 0.15) is 26.7 Å². The molecule has 1 aliphatic carbocycles. The Morgan fingerprint density at radius 1 is 1.50 bits per heavy atom. The van der Waals surface area contributed by atoms with Gasteiger partial charge in [0.25, 0.3) is 5.69 Å². The number of nitro benzene ring substituents is 1. The number of nitro groups is 1. The number of benzene rings is 1. The molecule has 0 heterocycles. The van der Waals surface area contributed by atoms with Gasteiger partial charge in [0.2, 0.25) is 0 Å². The van der Waals surface area contributed by atoms with Gasteiger partial charge in [-0.25, -0.2) is 4.39 Å². The molecule has 0 unspecified atom stereocenters. The van der Waals surface area contributed by atoms with Crippen molar-refractivity contribution in [3.8, 4) is 0 Å². The lowest BCUT2D eigenvalue weighted by atomic mass is 9.98. The smallest absolute Gasteiger partial charge is 0.295 e. The van der Waals surface area contributed by atoms with E-state index in [0.717, 1.165) is 18.9 Å². The molecule has 0 amide bonds. The summed E-state index contributed by atoms with van der Waals surface area (Å²) in [5.74, 6) is -0.293. The van der Waals surface area contributed by atoms with Crippen LogP contribution in [-0.2, 0) is 0 Å². The Hall–Kier alpha value is -1.36. The van der Waals surface area contributed by atoms with Crippen molar-refractivity contribution >= 4 is 23.0 Å². The maximum absolute atomic E-state index is 13.3. The van der Waals surface area contributed by atoms with E-state index in [4.69, 9.17) is 11.6 Å². The number of halogens is 2. The van der Waals surface area contributed by atoms with Crippen molar-refractivity contribution in [2.45, 2.75) is 32.2 Å². The Kier molecular flexibility index (Phi) is 3.19. The van der Waals surface area contributed by atoms with Gasteiger partial charge in [0.1, 0.15) is 11.5 Å². The summed E-state index contributed by atoms with van der Waals surface area (Å²) in [4.78, 5) is 10.3. The molecule has 0 aromatic heterocycles. The first-order valence-corrected chi connectivity index (χ1v) is 6.10. The molecule has 1 aromatic rings. The number of nitrogens with one attached hydrogen (secondary N) is 1. The van der Waals surface area contributed by atoms with E-state index in [9.17, 15) is 14.5 Å². The number of rotatable bonds is 4. The van der Waals surface area contributed by atoms with Gasteiger partial charge in [0.15, 0.2) is 0 Å². The van der Waals surface area contributed by atoms with Crippen molar-refractivity contribution in [3.05, 3.63) is 33.1 Å². The second-order valence-electron chi connectivity index (χ2n) is 5.16. The van der Waals surface area contributed by atoms with Gasteiger partial charge < -0.3 is 5.32 Å². The zero-order valence-electron chi connectivity index (χ0n) is 10.2. The lowest BCUT2D eigenvalue weighted by Crippen LogP contribution is -2.33. The predicted molar refractivity (Wildman–Crippen MR) is 68.5 cm³/mol. The zero-order chi connectivity index (χ0) is 13.5. The quantitative estimate of drug-likeness (QED) is 0.666. The standard InChI is InChI=1S/C12H14ClFN2O2/c1-12(2,7-3-4-7)15-10-5-8(13)9(14)6-11(10)16(17)18/h5-7,15H,3-4H2,1-2H3. The van der Waals surface area contributed by atoms with Gasteiger partial charge in [-0.15, -0.1) is 0 Å². The van der Waals surface area contributed by atoms with E-state index < -0.39 is 10.7 Å². The molecular weight excluding hydrogens is 259 g/mol. The highest BCUT2D eigenvalue weighted by Crippen LogP contribution is 2.42. The van der Waals surface area contributed by atoms with Crippen LogP contribution in [0.2, 0.25) is 5.02 Å². The molecule has 0 bridgehead atoms. The highest BCUT2D eigenvalue weighted by molar-refractivity contribution is 6.31. The third kappa shape index (κ3) is 2.56. The molecule has 1 aromatic carbocycles. The largest absolute Gasteiger partial charge is 0.374 e. The zero-order valence-corrected chi connectivity index (χ0v) is 10.9. The lowest BCUT2D eigenvalue weighted by molar-refractivity contribution is -0.384. The van der Waals surface area contributed by atoms with Gasteiger partial charge in [-0.3, -0.25) is 10.1 Å². The fourth-order valence-corrected chi connectivity index (χ4v) is 2.21. The van der Waals surface area contributed by atoms with Gasteiger partial charge in [0.05, 0.1) is 16.0 Å². The van der Waals surface area contributed by atoms with Gasteiger partial charge in [-0.05, 0) is 38.7 Å². The summed E-state index contributed by atoms with van der Waals surface area (Å²) < 4.78 is 13.3. The van der Waals surface area contributed by atoms with Crippen LogP contribution in [-0.4, -0.2) is 10.5 Å². The van der Waals surface area contributed by atoms with Crippen LogP contribution in [0.5, 0.6) is 0 Å². The predicted octanol–water partition coefficient (Wildman–Crippen LogP) is 3.99. The van der Waals surface area contributed by atoms with Gasteiger partial charge in [-0.2, -0.15) is 0 Å². The molecule has 1 fully saturated rings. The van der Waals surface area contributed by atoms with Crippen LogP contribution in [0.25, 0.3) is 0 Å². The van der Waals surface area contributed by atoms with Crippen molar-refractivity contribution in [2.75, 3.05) is 5.32 Å². The molecule has 0 spiro atoms. The first-order valence-electron chi connectivity index (χ1n) is 5.73. The molecule has 6 heteroatoms. The van der Waals surface area contributed by atoms with Crippen molar-refractivity contribution in [1.82, 2.24) is 0 Å². The average Bonchev–Trinajstić information content (AvgIpc) is 3.05. The van der Waals surface area contributed by atoms with E-state index in [1.54, 1.807) is 0 Å². The lowest BCUT2D eigenvalue weighted by Gasteiger charge is -2.27. The third-order valence-electron chi connectivity index (χ3n) is 3.29. The van der Waals surface area contributed by atoms with E-state index in [2.05, 4.69) is 5.32 Å². The van der Waals surface area contributed by atoms with Crippen molar-refractivity contribution in [3.63, 3.8) is 0 Å². The van der Waals surface area contributed by atoms with Crippen LogP contribution in [0.4, 0.5) is 15.8 Å². The highest BCUT2D eigenvalue weighted by Gasteiger charge is 2.38. The number of hydrogen-bond donors (Lipinski definition) is 1. The number of anilines is 1. The molecule has 4 nitrogen and oxygen atoms in total. The van der Waals surface area contributed by atoms with E-state index in [1.165, 1.54) is 6.07 Å². The number of nitrogens with zero attached hydrogens (tertiary/aromatic N) is 1. The Morgan fingerprint density at radius 2 is 2.11 bits per heavy atom. The molecule has 1 aliphatic rings. The van der Waals surface area contributed by atoms with E-state index in [1.807, 2.05) is 13.8 Å². The molecule has 1 saturated carbocycles.